The molecule has 0 aliphatic rings. The molecule has 0 aliphatic heterocycles. The Hall–Kier alpha value is -3.41. The summed E-state index contributed by atoms with van der Waals surface area (Å²) >= 11 is 0. The van der Waals surface area contributed by atoms with Crippen LogP contribution in [-0.4, -0.2) is 22.0 Å². The number of aryl methyl sites for hydroxylation is 1. The monoisotopic (exact) mass is 362 g/mol. The van der Waals surface area contributed by atoms with Gasteiger partial charge in [0.2, 0.25) is 5.95 Å². The molecule has 138 valence electrons. The van der Waals surface area contributed by atoms with Crippen LogP contribution in [0.5, 0.6) is 5.75 Å². The van der Waals surface area contributed by atoms with Gasteiger partial charge in [0.1, 0.15) is 11.4 Å². The summed E-state index contributed by atoms with van der Waals surface area (Å²) in [6, 6.07) is 16.7. The van der Waals surface area contributed by atoms with E-state index >= 15 is 0 Å². The SMILES string of the molecule is Cc1ccccc1NC(=O)c1ccnc(Nc2ccc(OC(C)C)cc2)n1. The normalized spacial score (nSPS) is 10.5. The molecule has 1 aromatic heterocycles. The van der Waals surface area contributed by atoms with Gasteiger partial charge in [-0.05, 0) is 62.7 Å². The Balaban J connectivity index is 1.70. The molecule has 0 spiro atoms. The van der Waals surface area contributed by atoms with Gasteiger partial charge in [-0.1, -0.05) is 18.2 Å². The summed E-state index contributed by atoms with van der Waals surface area (Å²) in [5, 5.41) is 5.97. The van der Waals surface area contributed by atoms with E-state index in [4.69, 9.17) is 4.74 Å². The van der Waals surface area contributed by atoms with Gasteiger partial charge < -0.3 is 15.4 Å². The van der Waals surface area contributed by atoms with Crippen molar-refractivity contribution in [1.82, 2.24) is 9.97 Å². The molecule has 6 nitrogen and oxygen atoms in total. The van der Waals surface area contributed by atoms with Crippen molar-refractivity contribution >= 4 is 23.2 Å². The predicted octanol–water partition coefficient (Wildman–Crippen LogP) is 4.57. The molecule has 0 aliphatic carbocycles. The minimum absolute atomic E-state index is 0.121. The first-order valence-corrected chi connectivity index (χ1v) is 8.75. The second-order valence-electron chi connectivity index (χ2n) is 6.35. The maximum Gasteiger partial charge on any atom is 0.274 e. The van der Waals surface area contributed by atoms with Crippen molar-refractivity contribution in [3.8, 4) is 5.75 Å². The van der Waals surface area contributed by atoms with E-state index < -0.39 is 0 Å². The molecule has 0 bridgehead atoms. The smallest absolute Gasteiger partial charge is 0.274 e. The average Bonchev–Trinajstić information content (AvgIpc) is 2.65. The van der Waals surface area contributed by atoms with Crippen molar-refractivity contribution in [1.29, 1.82) is 0 Å². The molecule has 1 heterocycles. The van der Waals surface area contributed by atoms with Crippen LogP contribution in [0.1, 0.15) is 29.9 Å². The lowest BCUT2D eigenvalue weighted by atomic mass is 10.2. The number of amides is 1. The zero-order valence-corrected chi connectivity index (χ0v) is 15.6. The number of carbonyl (C=O) groups excluding carboxylic acids is 1. The molecule has 3 rings (SSSR count). The fourth-order valence-electron chi connectivity index (χ4n) is 2.46. The maximum atomic E-state index is 12.5. The lowest BCUT2D eigenvalue weighted by molar-refractivity contribution is 0.102. The molecule has 0 unspecified atom stereocenters. The number of ether oxygens (including phenoxy) is 1. The summed E-state index contributed by atoms with van der Waals surface area (Å²) in [4.78, 5) is 21.0. The number of nitrogens with one attached hydrogen (secondary N) is 2. The first kappa shape index (κ1) is 18.4. The molecule has 2 N–H and O–H groups in total. The van der Waals surface area contributed by atoms with Gasteiger partial charge in [0.05, 0.1) is 6.10 Å². The van der Waals surface area contributed by atoms with Crippen molar-refractivity contribution in [3.63, 3.8) is 0 Å². The highest BCUT2D eigenvalue weighted by Crippen LogP contribution is 2.19. The highest BCUT2D eigenvalue weighted by Gasteiger charge is 2.10. The van der Waals surface area contributed by atoms with Crippen molar-refractivity contribution in [2.45, 2.75) is 26.9 Å². The molecule has 0 fully saturated rings. The van der Waals surface area contributed by atoms with Gasteiger partial charge in [0, 0.05) is 17.6 Å². The van der Waals surface area contributed by atoms with E-state index in [1.54, 1.807) is 12.3 Å². The van der Waals surface area contributed by atoms with Crippen LogP contribution in [-0.2, 0) is 0 Å². The number of carbonyl (C=O) groups is 1. The van der Waals surface area contributed by atoms with E-state index in [0.29, 0.717) is 5.95 Å². The van der Waals surface area contributed by atoms with Crippen LogP contribution in [0.3, 0.4) is 0 Å². The third-order valence-corrected chi connectivity index (χ3v) is 3.76. The Bertz CT molecular complexity index is 923. The second-order valence-corrected chi connectivity index (χ2v) is 6.35. The van der Waals surface area contributed by atoms with Crippen molar-refractivity contribution in [2.24, 2.45) is 0 Å². The highest BCUT2D eigenvalue weighted by atomic mass is 16.5. The summed E-state index contributed by atoms with van der Waals surface area (Å²) in [6.07, 6.45) is 1.67. The molecule has 0 radical (unpaired) electrons. The Kier molecular flexibility index (Phi) is 5.66. The number of rotatable bonds is 6. The average molecular weight is 362 g/mol. The van der Waals surface area contributed by atoms with E-state index in [1.807, 2.05) is 69.3 Å². The third-order valence-electron chi connectivity index (χ3n) is 3.76. The van der Waals surface area contributed by atoms with Crippen LogP contribution >= 0.6 is 0 Å². The van der Waals surface area contributed by atoms with Gasteiger partial charge in [-0.3, -0.25) is 4.79 Å². The van der Waals surface area contributed by atoms with Crippen LogP contribution in [0.15, 0.2) is 60.8 Å². The summed E-state index contributed by atoms with van der Waals surface area (Å²) in [5.74, 6) is 0.864. The van der Waals surface area contributed by atoms with E-state index in [0.717, 1.165) is 22.7 Å². The van der Waals surface area contributed by atoms with Gasteiger partial charge in [0.15, 0.2) is 0 Å². The van der Waals surface area contributed by atoms with Gasteiger partial charge >= 0.3 is 0 Å². The molecule has 27 heavy (non-hydrogen) atoms. The standard InChI is InChI=1S/C21H22N4O2/c1-14(2)27-17-10-8-16(9-11-17)23-21-22-13-12-19(25-21)20(26)24-18-7-5-4-6-15(18)3/h4-14H,1-3H3,(H,24,26)(H,22,23,25). The molecule has 6 heteroatoms. The number of anilines is 3. The molecule has 3 aromatic rings. The van der Waals surface area contributed by atoms with Gasteiger partial charge in [0.25, 0.3) is 5.91 Å². The second kappa shape index (κ2) is 8.31. The van der Waals surface area contributed by atoms with Crippen LogP contribution in [0.2, 0.25) is 0 Å². The largest absolute Gasteiger partial charge is 0.491 e. The minimum atomic E-state index is -0.282. The maximum absolute atomic E-state index is 12.5. The zero-order chi connectivity index (χ0) is 19.2. The van der Waals surface area contributed by atoms with Crippen LogP contribution < -0.4 is 15.4 Å². The topological polar surface area (TPSA) is 76.1 Å². The van der Waals surface area contributed by atoms with Crippen LogP contribution in [0.25, 0.3) is 0 Å². The summed E-state index contributed by atoms with van der Waals surface area (Å²) in [6.45, 7) is 5.90. The van der Waals surface area contributed by atoms with Crippen molar-refractivity contribution < 1.29 is 9.53 Å². The number of benzene rings is 2. The molecular formula is C21H22N4O2. The van der Waals surface area contributed by atoms with Gasteiger partial charge in [-0.2, -0.15) is 0 Å². The molecule has 0 saturated heterocycles. The lowest BCUT2D eigenvalue weighted by Gasteiger charge is -2.11. The number of nitrogens with zero attached hydrogens (tertiary/aromatic N) is 2. The molecule has 0 atom stereocenters. The summed E-state index contributed by atoms with van der Waals surface area (Å²) in [7, 11) is 0. The Morgan fingerprint density at radius 2 is 1.78 bits per heavy atom. The third kappa shape index (κ3) is 5.04. The summed E-state index contributed by atoms with van der Waals surface area (Å²) < 4.78 is 5.62. The fourth-order valence-corrected chi connectivity index (χ4v) is 2.46. The van der Waals surface area contributed by atoms with E-state index in [-0.39, 0.29) is 17.7 Å². The van der Waals surface area contributed by atoms with Crippen molar-refractivity contribution in [3.05, 3.63) is 72.1 Å². The number of aromatic nitrogens is 2. The quantitative estimate of drug-likeness (QED) is 0.672. The Morgan fingerprint density at radius 1 is 1.04 bits per heavy atom. The number of para-hydroxylation sites is 1. The highest BCUT2D eigenvalue weighted by molar-refractivity contribution is 6.03. The summed E-state index contributed by atoms with van der Waals surface area (Å²) in [5.41, 5.74) is 2.84. The number of hydrogen-bond donors (Lipinski definition) is 2. The van der Waals surface area contributed by atoms with E-state index in [2.05, 4.69) is 20.6 Å². The zero-order valence-electron chi connectivity index (χ0n) is 15.6. The Labute approximate surface area is 158 Å². The van der Waals surface area contributed by atoms with Crippen LogP contribution in [0.4, 0.5) is 17.3 Å². The van der Waals surface area contributed by atoms with Crippen molar-refractivity contribution in [2.75, 3.05) is 10.6 Å². The van der Waals surface area contributed by atoms with Crippen LogP contribution in [0, 0.1) is 6.92 Å². The molecule has 1 amide bonds. The first-order valence-electron chi connectivity index (χ1n) is 8.75. The van der Waals surface area contributed by atoms with Gasteiger partial charge in [-0.25, -0.2) is 9.97 Å². The Morgan fingerprint density at radius 3 is 2.48 bits per heavy atom. The number of hydrogen-bond acceptors (Lipinski definition) is 5. The van der Waals surface area contributed by atoms with E-state index in [9.17, 15) is 4.79 Å². The minimum Gasteiger partial charge on any atom is -0.491 e. The molecular weight excluding hydrogens is 340 g/mol. The molecule has 0 saturated carbocycles. The first-order chi connectivity index (χ1) is 13.0. The fraction of sp³-hybridized carbons (Fsp3) is 0.190. The molecule has 2 aromatic carbocycles. The van der Waals surface area contributed by atoms with E-state index in [1.165, 1.54) is 0 Å². The van der Waals surface area contributed by atoms with Gasteiger partial charge in [-0.15, -0.1) is 0 Å². The predicted molar refractivity (Wildman–Crippen MR) is 107 cm³/mol. The lowest BCUT2D eigenvalue weighted by Crippen LogP contribution is -2.15.